The fourth-order valence-electron chi connectivity index (χ4n) is 1.81. The van der Waals surface area contributed by atoms with Crippen LogP contribution in [0.4, 0.5) is 5.69 Å². The fraction of sp³-hybridized carbons (Fsp3) is 0. The van der Waals surface area contributed by atoms with Crippen molar-refractivity contribution in [2.45, 2.75) is 0 Å². The third kappa shape index (κ3) is 1.95. The number of fused-ring (bicyclic) bond motifs is 1. The quantitative estimate of drug-likeness (QED) is 0.411. The monoisotopic (exact) mass is 383 g/mol. The molecule has 0 aliphatic carbocycles. The van der Waals surface area contributed by atoms with Crippen LogP contribution in [0.2, 0.25) is 0 Å². The Morgan fingerprint density at radius 1 is 1.40 bits per heavy atom. The van der Waals surface area contributed by atoms with Crippen LogP contribution in [0.1, 0.15) is 0 Å². The summed E-state index contributed by atoms with van der Waals surface area (Å²) in [4.78, 5) is 28.5. The van der Waals surface area contributed by atoms with Gasteiger partial charge in [-0.2, -0.15) is 5.10 Å². The largest absolute Gasteiger partial charge is 0.312 e. The Labute approximate surface area is 124 Å². The number of aromatic amines is 1. The summed E-state index contributed by atoms with van der Waals surface area (Å²) in [6.07, 6.45) is 2.84. The molecule has 2 heterocycles. The zero-order chi connectivity index (χ0) is 14.3. The first-order valence-corrected chi connectivity index (χ1v) is 6.51. The van der Waals surface area contributed by atoms with Gasteiger partial charge in [-0.05, 0) is 28.7 Å². The van der Waals surface area contributed by atoms with E-state index < -0.39 is 4.92 Å². The molecule has 0 saturated carbocycles. The van der Waals surface area contributed by atoms with Crippen LogP contribution in [-0.4, -0.2) is 24.7 Å². The van der Waals surface area contributed by atoms with Gasteiger partial charge in [-0.3, -0.25) is 14.9 Å². The normalized spacial score (nSPS) is 10.8. The Balaban J connectivity index is 2.31. The van der Waals surface area contributed by atoms with E-state index in [0.717, 1.165) is 5.39 Å². The lowest BCUT2D eigenvalue weighted by atomic mass is 10.2. The van der Waals surface area contributed by atoms with Crippen molar-refractivity contribution < 1.29 is 4.92 Å². The average molecular weight is 383 g/mol. The third-order valence-electron chi connectivity index (χ3n) is 2.74. The predicted molar refractivity (Wildman–Crippen MR) is 78.9 cm³/mol. The molecule has 0 saturated heterocycles. The highest BCUT2D eigenvalue weighted by Gasteiger charge is 2.14. The molecule has 0 radical (unpaired) electrons. The molecular formula is C11H6IN5O3. The van der Waals surface area contributed by atoms with Crippen LogP contribution in [0.5, 0.6) is 0 Å². The summed E-state index contributed by atoms with van der Waals surface area (Å²) in [7, 11) is 0. The minimum atomic E-state index is -0.479. The number of hydrogen-bond acceptors (Lipinski definition) is 5. The molecule has 8 nitrogen and oxygen atoms in total. The van der Waals surface area contributed by atoms with Crippen LogP contribution in [0, 0.1) is 13.7 Å². The SMILES string of the molecule is O=c1[nH]cnc(-n2ncc3ccc([N+](=O)[O-])cc32)c1I. The average Bonchev–Trinajstić information content (AvgIpc) is 2.84. The molecule has 1 N–H and O–H groups in total. The van der Waals surface area contributed by atoms with Gasteiger partial charge in [0, 0.05) is 17.5 Å². The Morgan fingerprint density at radius 3 is 2.95 bits per heavy atom. The molecule has 100 valence electrons. The number of halogens is 1. The minimum absolute atomic E-state index is 0.0425. The first kappa shape index (κ1) is 12.7. The number of H-pyrrole nitrogens is 1. The minimum Gasteiger partial charge on any atom is -0.312 e. The second-order valence-corrected chi connectivity index (χ2v) is 5.00. The molecule has 9 heteroatoms. The topological polar surface area (TPSA) is 107 Å². The number of nitrogens with one attached hydrogen (secondary N) is 1. The number of nitro groups is 1. The fourth-order valence-corrected chi connectivity index (χ4v) is 2.33. The van der Waals surface area contributed by atoms with Crippen molar-refractivity contribution in [1.29, 1.82) is 0 Å². The number of benzene rings is 1. The molecular weight excluding hydrogens is 377 g/mol. The van der Waals surface area contributed by atoms with E-state index in [1.54, 1.807) is 12.3 Å². The van der Waals surface area contributed by atoms with Gasteiger partial charge in [0.2, 0.25) is 0 Å². The Morgan fingerprint density at radius 2 is 2.20 bits per heavy atom. The maximum absolute atomic E-state index is 11.6. The number of aromatic nitrogens is 4. The lowest BCUT2D eigenvalue weighted by Gasteiger charge is -2.03. The molecule has 0 unspecified atom stereocenters. The summed E-state index contributed by atoms with van der Waals surface area (Å²) < 4.78 is 1.78. The van der Waals surface area contributed by atoms with Crippen molar-refractivity contribution in [2.75, 3.05) is 0 Å². The van der Waals surface area contributed by atoms with Gasteiger partial charge >= 0.3 is 0 Å². The highest BCUT2D eigenvalue weighted by molar-refractivity contribution is 14.1. The van der Waals surface area contributed by atoms with Crippen molar-refractivity contribution in [1.82, 2.24) is 19.7 Å². The van der Waals surface area contributed by atoms with Gasteiger partial charge in [0.05, 0.1) is 23.0 Å². The Kier molecular flexibility index (Phi) is 2.97. The highest BCUT2D eigenvalue weighted by Crippen LogP contribution is 2.23. The standard InChI is InChI=1S/C11H6IN5O3/c12-9-10(13-5-14-11(9)18)16-8-3-7(17(19)20)2-1-6(8)4-15-16/h1-5H,(H,13,14,18). The van der Waals surface area contributed by atoms with Crippen molar-refractivity contribution in [3.63, 3.8) is 0 Å². The summed E-state index contributed by atoms with van der Waals surface area (Å²) >= 11 is 1.86. The molecule has 0 amide bonds. The maximum Gasteiger partial charge on any atom is 0.271 e. The van der Waals surface area contributed by atoms with Crippen LogP contribution < -0.4 is 5.56 Å². The molecule has 2 aromatic heterocycles. The molecule has 3 rings (SSSR count). The summed E-state index contributed by atoms with van der Waals surface area (Å²) in [5.41, 5.74) is 0.194. The summed E-state index contributed by atoms with van der Waals surface area (Å²) in [6, 6.07) is 4.42. The number of non-ortho nitro benzene ring substituents is 1. The van der Waals surface area contributed by atoms with Crippen molar-refractivity contribution in [2.24, 2.45) is 0 Å². The van der Waals surface area contributed by atoms with E-state index in [0.29, 0.717) is 14.9 Å². The van der Waals surface area contributed by atoms with E-state index in [4.69, 9.17) is 0 Å². The highest BCUT2D eigenvalue weighted by atomic mass is 127. The second kappa shape index (κ2) is 4.67. The molecule has 0 bridgehead atoms. The van der Waals surface area contributed by atoms with E-state index in [2.05, 4.69) is 15.1 Å². The first-order chi connectivity index (χ1) is 9.58. The first-order valence-electron chi connectivity index (χ1n) is 5.43. The van der Waals surface area contributed by atoms with Crippen LogP contribution in [-0.2, 0) is 0 Å². The third-order valence-corrected chi connectivity index (χ3v) is 3.72. The molecule has 0 atom stereocenters. The van der Waals surface area contributed by atoms with Crippen LogP contribution in [0.25, 0.3) is 16.7 Å². The molecule has 3 aromatic rings. The van der Waals surface area contributed by atoms with Crippen molar-refractivity contribution >= 4 is 39.2 Å². The maximum atomic E-state index is 11.6. The molecule has 1 aromatic carbocycles. The van der Waals surface area contributed by atoms with Crippen molar-refractivity contribution in [3.05, 3.63) is 54.8 Å². The number of rotatable bonds is 2. The second-order valence-electron chi connectivity index (χ2n) is 3.93. The summed E-state index contributed by atoms with van der Waals surface area (Å²) in [6.45, 7) is 0. The van der Waals surface area contributed by atoms with Gasteiger partial charge in [-0.25, -0.2) is 9.67 Å². The Bertz CT molecular complexity index is 885. The Hall–Kier alpha value is -2.30. The predicted octanol–water partition coefficient (Wildman–Crippen LogP) is 1.62. The van der Waals surface area contributed by atoms with E-state index in [1.807, 2.05) is 22.6 Å². The lowest BCUT2D eigenvalue weighted by molar-refractivity contribution is -0.384. The number of nitro benzene ring substituents is 1. The zero-order valence-electron chi connectivity index (χ0n) is 9.78. The molecule has 0 aliphatic rings. The summed E-state index contributed by atoms with van der Waals surface area (Å²) in [5, 5.41) is 15.7. The van der Waals surface area contributed by atoms with Gasteiger partial charge in [0.15, 0.2) is 5.82 Å². The number of nitrogens with zero attached hydrogens (tertiary/aromatic N) is 4. The van der Waals surface area contributed by atoms with E-state index in [1.165, 1.54) is 23.1 Å². The zero-order valence-corrected chi connectivity index (χ0v) is 11.9. The number of hydrogen-bond donors (Lipinski definition) is 1. The smallest absolute Gasteiger partial charge is 0.271 e. The van der Waals surface area contributed by atoms with Gasteiger partial charge in [-0.15, -0.1) is 0 Å². The van der Waals surface area contributed by atoms with Crippen LogP contribution in [0.15, 0.2) is 35.5 Å². The molecule has 0 fully saturated rings. The summed E-state index contributed by atoms with van der Waals surface area (Å²) in [5.74, 6) is 0.338. The van der Waals surface area contributed by atoms with Gasteiger partial charge < -0.3 is 4.98 Å². The molecule has 20 heavy (non-hydrogen) atoms. The lowest BCUT2D eigenvalue weighted by Crippen LogP contribution is -2.15. The molecule has 0 aliphatic heterocycles. The van der Waals surface area contributed by atoms with Crippen molar-refractivity contribution in [3.8, 4) is 5.82 Å². The van der Waals surface area contributed by atoms with E-state index >= 15 is 0 Å². The van der Waals surface area contributed by atoms with Crippen LogP contribution >= 0.6 is 22.6 Å². The van der Waals surface area contributed by atoms with Gasteiger partial charge in [0.25, 0.3) is 11.2 Å². The van der Waals surface area contributed by atoms with E-state index in [-0.39, 0.29) is 11.2 Å². The molecule has 0 spiro atoms. The van der Waals surface area contributed by atoms with E-state index in [9.17, 15) is 14.9 Å². The van der Waals surface area contributed by atoms with Crippen LogP contribution in [0.3, 0.4) is 0 Å². The van der Waals surface area contributed by atoms with Gasteiger partial charge in [-0.1, -0.05) is 0 Å². The van der Waals surface area contributed by atoms with Gasteiger partial charge in [0.1, 0.15) is 3.57 Å².